The average Bonchev–Trinajstić information content (AvgIpc) is 3.22. The fraction of sp³-hybridized carbons (Fsp3) is 0.167. The number of nitrogens with zero attached hydrogens (tertiary/aromatic N) is 3. The molecule has 5 nitrogen and oxygen atoms in total. The van der Waals surface area contributed by atoms with E-state index in [-0.39, 0.29) is 11.8 Å². The maximum absolute atomic E-state index is 12.4. The zero-order chi connectivity index (χ0) is 17.4. The van der Waals surface area contributed by atoms with Gasteiger partial charge in [-0.1, -0.05) is 57.0 Å². The third-order valence-electron chi connectivity index (χ3n) is 4.14. The Balaban J connectivity index is 1.58. The average molecular weight is 419 g/mol. The summed E-state index contributed by atoms with van der Waals surface area (Å²) < 4.78 is 6.36. The highest BCUT2D eigenvalue weighted by Crippen LogP contribution is 2.35. The SMILES string of the molecule is O=C1CC(c2nc(-c3cccc(Br)c3)no2)CN1c1ccccc1Cl. The van der Waals surface area contributed by atoms with Gasteiger partial charge >= 0.3 is 0 Å². The van der Waals surface area contributed by atoms with Crippen molar-refractivity contribution in [1.29, 1.82) is 0 Å². The Morgan fingerprint density at radius 1 is 1.20 bits per heavy atom. The van der Waals surface area contributed by atoms with E-state index in [9.17, 15) is 4.79 Å². The van der Waals surface area contributed by atoms with Gasteiger partial charge in [0, 0.05) is 23.0 Å². The molecule has 1 aliphatic rings. The Kier molecular flexibility index (Phi) is 4.31. The molecule has 0 radical (unpaired) electrons. The molecule has 2 aromatic carbocycles. The Hall–Kier alpha value is -2.18. The summed E-state index contributed by atoms with van der Waals surface area (Å²) in [6.07, 6.45) is 0.325. The summed E-state index contributed by atoms with van der Waals surface area (Å²) in [4.78, 5) is 18.6. The Morgan fingerprint density at radius 2 is 2.04 bits per heavy atom. The number of para-hydroxylation sites is 1. The molecular weight excluding hydrogens is 406 g/mol. The van der Waals surface area contributed by atoms with E-state index in [0.717, 1.165) is 10.0 Å². The van der Waals surface area contributed by atoms with E-state index in [1.165, 1.54) is 0 Å². The maximum Gasteiger partial charge on any atom is 0.232 e. The van der Waals surface area contributed by atoms with Crippen LogP contribution in [0.3, 0.4) is 0 Å². The second-order valence-corrected chi connectivity index (χ2v) is 7.15. The molecule has 0 saturated carbocycles. The van der Waals surface area contributed by atoms with Gasteiger partial charge in [-0.05, 0) is 24.3 Å². The van der Waals surface area contributed by atoms with Crippen molar-refractivity contribution < 1.29 is 9.32 Å². The van der Waals surface area contributed by atoms with Crippen molar-refractivity contribution in [2.24, 2.45) is 0 Å². The van der Waals surface area contributed by atoms with Crippen molar-refractivity contribution >= 4 is 39.1 Å². The molecule has 0 spiro atoms. The van der Waals surface area contributed by atoms with E-state index < -0.39 is 0 Å². The number of hydrogen-bond acceptors (Lipinski definition) is 4. The summed E-state index contributed by atoms with van der Waals surface area (Å²) in [5.41, 5.74) is 1.57. The molecule has 1 amide bonds. The van der Waals surface area contributed by atoms with Crippen LogP contribution in [0.15, 0.2) is 57.5 Å². The summed E-state index contributed by atoms with van der Waals surface area (Å²) in [6.45, 7) is 0.475. The van der Waals surface area contributed by atoms with Crippen molar-refractivity contribution in [3.63, 3.8) is 0 Å². The number of benzene rings is 2. The van der Waals surface area contributed by atoms with E-state index in [0.29, 0.717) is 35.4 Å². The third-order valence-corrected chi connectivity index (χ3v) is 4.95. The number of aromatic nitrogens is 2. The Labute approximate surface area is 157 Å². The van der Waals surface area contributed by atoms with Crippen LogP contribution in [0.4, 0.5) is 5.69 Å². The fourth-order valence-electron chi connectivity index (χ4n) is 2.92. The molecule has 3 aromatic rings. The van der Waals surface area contributed by atoms with Gasteiger partial charge in [-0.3, -0.25) is 4.79 Å². The molecule has 1 atom stereocenters. The molecule has 7 heteroatoms. The van der Waals surface area contributed by atoms with Gasteiger partial charge in [0.25, 0.3) is 0 Å². The van der Waals surface area contributed by atoms with Crippen LogP contribution in [-0.4, -0.2) is 22.6 Å². The van der Waals surface area contributed by atoms with E-state index in [1.807, 2.05) is 42.5 Å². The number of carbonyl (C=O) groups is 1. The smallest absolute Gasteiger partial charge is 0.232 e. The van der Waals surface area contributed by atoms with Crippen LogP contribution in [0.25, 0.3) is 11.4 Å². The van der Waals surface area contributed by atoms with Crippen molar-refractivity contribution in [2.75, 3.05) is 11.4 Å². The van der Waals surface area contributed by atoms with Gasteiger partial charge in [-0.2, -0.15) is 4.98 Å². The minimum absolute atomic E-state index is 0.000283. The zero-order valence-corrected chi connectivity index (χ0v) is 15.4. The van der Waals surface area contributed by atoms with Crippen molar-refractivity contribution in [1.82, 2.24) is 10.1 Å². The Morgan fingerprint density at radius 3 is 2.84 bits per heavy atom. The van der Waals surface area contributed by atoms with Gasteiger partial charge in [0.05, 0.1) is 16.6 Å². The highest BCUT2D eigenvalue weighted by atomic mass is 79.9. The molecule has 0 N–H and O–H groups in total. The standard InChI is InChI=1S/C18H13BrClN3O2/c19-13-5-3-4-11(8-13)17-21-18(25-22-17)12-9-16(24)23(10-12)15-7-2-1-6-14(15)20/h1-8,12H,9-10H2. The first-order chi connectivity index (χ1) is 12.1. The highest BCUT2D eigenvalue weighted by Gasteiger charge is 2.35. The van der Waals surface area contributed by atoms with E-state index in [4.69, 9.17) is 16.1 Å². The first kappa shape index (κ1) is 16.3. The normalized spacial score (nSPS) is 17.3. The van der Waals surface area contributed by atoms with Crippen molar-refractivity contribution in [3.05, 3.63) is 63.9 Å². The number of anilines is 1. The minimum atomic E-state index is -0.142. The van der Waals surface area contributed by atoms with Crippen LogP contribution in [0.5, 0.6) is 0 Å². The quantitative estimate of drug-likeness (QED) is 0.620. The topological polar surface area (TPSA) is 59.2 Å². The molecule has 0 aliphatic carbocycles. The van der Waals surface area contributed by atoms with Crippen LogP contribution in [0.1, 0.15) is 18.2 Å². The number of rotatable bonds is 3. The van der Waals surface area contributed by atoms with Crippen LogP contribution >= 0.6 is 27.5 Å². The number of hydrogen-bond donors (Lipinski definition) is 0. The molecule has 1 fully saturated rings. The highest BCUT2D eigenvalue weighted by molar-refractivity contribution is 9.10. The van der Waals surface area contributed by atoms with E-state index >= 15 is 0 Å². The number of amides is 1. The summed E-state index contributed by atoms with van der Waals surface area (Å²) in [5, 5.41) is 4.60. The lowest BCUT2D eigenvalue weighted by atomic mass is 10.1. The van der Waals surface area contributed by atoms with Gasteiger partial charge in [0.15, 0.2) is 0 Å². The molecule has 1 aliphatic heterocycles. The van der Waals surface area contributed by atoms with Gasteiger partial charge in [-0.25, -0.2) is 0 Å². The van der Waals surface area contributed by atoms with Gasteiger partial charge in [0.2, 0.25) is 17.6 Å². The van der Waals surface area contributed by atoms with Crippen LogP contribution in [-0.2, 0) is 4.79 Å². The first-order valence-corrected chi connectivity index (χ1v) is 8.93. The van der Waals surface area contributed by atoms with E-state index in [1.54, 1.807) is 11.0 Å². The minimum Gasteiger partial charge on any atom is -0.339 e. The molecule has 1 aromatic heterocycles. The summed E-state index contributed by atoms with van der Waals surface area (Å²) in [5.74, 6) is 0.843. The summed E-state index contributed by atoms with van der Waals surface area (Å²) >= 11 is 9.64. The van der Waals surface area contributed by atoms with Crippen LogP contribution in [0, 0.1) is 0 Å². The Bertz CT molecular complexity index is 943. The zero-order valence-electron chi connectivity index (χ0n) is 13.0. The second-order valence-electron chi connectivity index (χ2n) is 5.82. The molecule has 0 bridgehead atoms. The van der Waals surface area contributed by atoms with E-state index in [2.05, 4.69) is 26.1 Å². The lowest BCUT2D eigenvalue weighted by molar-refractivity contribution is -0.117. The third kappa shape index (κ3) is 3.19. The van der Waals surface area contributed by atoms with Crippen molar-refractivity contribution in [2.45, 2.75) is 12.3 Å². The molecule has 25 heavy (non-hydrogen) atoms. The number of carbonyl (C=O) groups excluding carboxylic acids is 1. The lowest BCUT2D eigenvalue weighted by Gasteiger charge is -2.17. The monoisotopic (exact) mass is 417 g/mol. The predicted molar refractivity (Wildman–Crippen MR) is 98.6 cm³/mol. The molecular formula is C18H13BrClN3O2. The molecule has 126 valence electrons. The maximum atomic E-state index is 12.4. The van der Waals surface area contributed by atoms with Crippen LogP contribution in [0.2, 0.25) is 5.02 Å². The molecule has 1 unspecified atom stereocenters. The fourth-order valence-corrected chi connectivity index (χ4v) is 3.56. The molecule has 2 heterocycles. The summed E-state index contributed by atoms with van der Waals surface area (Å²) in [7, 11) is 0. The lowest BCUT2D eigenvalue weighted by Crippen LogP contribution is -2.24. The molecule has 1 saturated heterocycles. The van der Waals surface area contributed by atoms with Crippen LogP contribution < -0.4 is 4.90 Å². The van der Waals surface area contributed by atoms with Gasteiger partial charge in [-0.15, -0.1) is 0 Å². The van der Waals surface area contributed by atoms with Gasteiger partial charge in [0.1, 0.15) is 0 Å². The second kappa shape index (κ2) is 6.61. The van der Waals surface area contributed by atoms with Gasteiger partial charge < -0.3 is 9.42 Å². The van der Waals surface area contributed by atoms with Crippen molar-refractivity contribution in [3.8, 4) is 11.4 Å². The number of halogens is 2. The first-order valence-electron chi connectivity index (χ1n) is 7.76. The molecule has 4 rings (SSSR count). The predicted octanol–water partition coefficient (Wildman–Crippen LogP) is 4.67. The largest absolute Gasteiger partial charge is 0.339 e. The summed E-state index contributed by atoms with van der Waals surface area (Å²) in [6, 6.07) is 15.0.